The third kappa shape index (κ3) is 5.79. The zero-order chi connectivity index (χ0) is 12.6. The number of hydrogen-bond donors (Lipinski definition) is 3. The van der Waals surface area contributed by atoms with E-state index in [4.69, 9.17) is 22.5 Å². The molecule has 9 nitrogen and oxygen atoms in total. The molecule has 2 radical (unpaired) electrons. The van der Waals surface area contributed by atoms with Gasteiger partial charge in [0.25, 0.3) is 0 Å². The zero-order valence-electron chi connectivity index (χ0n) is 8.07. The van der Waals surface area contributed by atoms with E-state index in [0.29, 0.717) is 9.80 Å². The third-order valence-electron chi connectivity index (χ3n) is 1.34. The summed E-state index contributed by atoms with van der Waals surface area (Å²) < 4.78 is 4.06. The number of carboxylic acid groups (broad SMARTS) is 1. The lowest BCUT2D eigenvalue weighted by Gasteiger charge is -2.23. The fraction of sp³-hybridized carbons (Fsp3) is 0.500. The molecule has 10 heteroatoms. The van der Waals surface area contributed by atoms with Gasteiger partial charge in [0, 0.05) is 0 Å². The molecule has 0 bridgehead atoms. The van der Waals surface area contributed by atoms with Crippen molar-refractivity contribution < 1.29 is 34.8 Å². The monoisotopic (exact) mass is 254 g/mol. The van der Waals surface area contributed by atoms with Crippen molar-refractivity contribution in [3.05, 3.63) is 7.05 Å². The van der Waals surface area contributed by atoms with Crippen LogP contribution < -0.4 is 0 Å². The number of carboxylic acids is 1. The largest absolute Gasteiger partial charge is 0.480 e. The number of carbonyl (C=O) groups is 2. The summed E-state index contributed by atoms with van der Waals surface area (Å²) in [6.45, 7) is -1.46. The van der Waals surface area contributed by atoms with Gasteiger partial charge in [-0.25, -0.2) is 10.1 Å². The standard InChI is InChI=1S/C6H11N2O7P/c1-7(4-16-15-14-13)6(12)8(3-9)2-5(10)11/h1,9,13,16H,2-4H2,(H,10,11). The van der Waals surface area contributed by atoms with Crippen LogP contribution in [0.15, 0.2) is 0 Å². The van der Waals surface area contributed by atoms with Gasteiger partial charge in [-0.15, -0.1) is 0 Å². The van der Waals surface area contributed by atoms with E-state index in [1.807, 2.05) is 0 Å². The van der Waals surface area contributed by atoms with Crippen LogP contribution in [0.5, 0.6) is 0 Å². The van der Waals surface area contributed by atoms with Crippen LogP contribution >= 0.6 is 8.81 Å². The molecule has 0 heterocycles. The lowest BCUT2D eigenvalue weighted by Crippen LogP contribution is -2.43. The van der Waals surface area contributed by atoms with Crippen molar-refractivity contribution in [3.8, 4) is 0 Å². The van der Waals surface area contributed by atoms with Gasteiger partial charge in [0.05, 0.1) is 22.1 Å². The second kappa shape index (κ2) is 8.20. The molecule has 0 aliphatic heterocycles. The molecule has 0 fully saturated rings. The highest BCUT2D eigenvalue weighted by Crippen LogP contribution is 2.14. The molecule has 1 atom stereocenters. The van der Waals surface area contributed by atoms with E-state index in [9.17, 15) is 9.59 Å². The molecule has 0 aliphatic rings. The van der Waals surface area contributed by atoms with Gasteiger partial charge in [-0.3, -0.25) is 9.69 Å². The van der Waals surface area contributed by atoms with Crippen molar-refractivity contribution in [1.29, 1.82) is 0 Å². The molecule has 0 aliphatic carbocycles. The van der Waals surface area contributed by atoms with Crippen molar-refractivity contribution in [2.24, 2.45) is 0 Å². The summed E-state index contributed by atoms with van der Waals surface area (Å²) in [6.07, 6.45) is -0.129. The summed E-state index contributed by atoms with van der Waals surface area (Å²) >= 11 is 0. The number of amides is 2. The molecule has 92 valence electrons. The summed E-state index contributed by atoms with van der Waals surface area (Å²) in [5, 5.41) is 28.2. The number of aliphatic hydroxyl groups is 1. The van der Waals surface area contributed by atoms with E-state index in [1.54, 1.807) is 0 Å². The highest BCUT2D eigenvalue weighted by atomic mass is 31.1. The minimum atomic E-state index is -1.28. The third-order valence-corrected chi connectivity index (χ3v) is 2.01. The molecule has 2 amide bonds. The number of aliphatic hydroxyl groups excluding tert-OH is 1. The molecular formula is C6H11N2O7P. The first-order valence-electron chi connectivity index (χ1n) is 3.86. The van der Waals surface area contributed by atoms with Crippen LogP contribution in [0, 0.1) is 7.05 Å². The van der Waals surface area contributed by atoms with Gasteiger partial charge < -0.3 is 15.1 Å². The molecule has 0 saturated carbocycles. The lowest BCUT2D eigenvalue weighted by molar-refractivity contribution is -0.435. The fourth-order valence-electron chi connectivity index (χ4n) is 0.713. The average Bonchev–Trinajstić information content (AvgIpc) is 2.24. The van der Waals surface area contributed by atoms with Crippen molar-refractivity contribution >= 4 is 20.8 Å². The van der Waals surface area contributed by atoms with Crippen LogP contribution in [0.25, 0.3) is 0 Å². The molecule has 1 unspecified atom stereocenters. The predicted molar refractivity (Wildman–Crippen MR) is 50.9 cm³/mol. The number of hydrogen-bond acceptors (Lipinski definition) is 6. The number of aliphatic carboxylic acids is 1. The maximum Gasteiger partial charge on any atom is 0.323 e. The van der Waals surface area contributed by atoms with Crippen LogP contribution in [0.1, 0.15) is 0 Å². The Hall–Kier alpha value is -0.990. The molecule has 0 aromatic rings. The minimum absolute atomic E-state index is 0.129. The first-order chi connectivity index (χ1) is 7.52. The number of urea groups is 1. The van der Waals surface area contributed by atoms with E-state index in [2.05, 4.69) is 9.71 Å². The Morgan fingerprint density at radius 3 is 2.50 bits per heavy atom. The second-order valence-corrected chi connectivity index (χ2v) is 3.22. The quantitative estimate of drug-likeness (QED) is 0.138. The zero-order valence-corrected chi connectivity index (χ0v) is 9.07. The minimum Gasteiger partial charge on any atom is -0.480 e. The molecular weight excluding hydrogens is 243 g/mol. The molecule has 3 N–H and O–H groups in total. The highest BCUT2D eigenvalue weighted by molar-refractivity contribution is 7.32. The van der Waals surface area contributed by atoms with Crippen LogP contribution in [0.3, 0.4) is 0 Å². The molecule has 0 aromatic carbocycles. The molecule has 16 heavy (non-hydrogen) atoms. The lowest BCUT2D eigenvalue weighted by atomic mass is 10.5. The second-order valence-electron chi connectivity index (χ2n) is 2.45. The van der Waals surface area contributed by atoms with Crippen LogP contribution in [0.4, 0.5) is 4.79 Å². The molecule has 0 rings (SSSR count). The van der Waals surface area contributed by atoms with Crippen LogP contribution in [0.2, 0.25) is 0 Å². The predicted octanol–water partition coefficient (Wildman–Crippen LogP) is -0.614. The Labute approximate surface area is 92.9 Å². The number of rotatable bonds is 7. The molecule has 0 saturated heterocycles. The maximum absolute atomic E-state index is 11.4. The van der Waals surface area contributed by atoms with Gasteiger partial charge in [-0.2, -0.15) is 4.67 Å². The summed E-state index contributed by atoms with van der Waals surface area (Å²) in [5.74, 6) is -1.28. The van der Waals surface area contributed by atoms with Crippen LogP contribution in [-0.2, 0) is 14.5 Å². The van der Waals surface area contributed by atoms with Gasteiger partial charge in [0.2, 0.25) is 0 Å². The van der Waals surface area contributed by atoms with Crippen molar-refractivity contribution in [3.63, 3.8) is 0 Å². The number of nitrogens with zero attached hydrogens (tertiary/aromatic N) is 2. The number of carbonyl (C=O) groups excluding carboxylic acids is 1. The van der Waals surface area contributed by atoms with E-state index in [1.165, 1.54) is 0 Å². The van der Waals surface area contributed by atoms with E-state index < -0.39 is 34.1 Å². The van der Waals surface area contributed by atoms with E-state index in [0.717, 1.165) is 0 Å². The Balaban J connectivity index is 4.11. The fourth-order valence-corrected chi connectivity index (χ4v) is 1.09. The first kappa shape index (κ1) is 15.0. The summed E-state index contributed by atoms with van der Waals surface area (Å²) in [7, 11) is 4.79. The Morgan fingerprint density at radius 1 is 1.44 bits per heavy atom. The topological polar surface area (TPSA) is 120 Å². The van der Waals surface area contributed by atoms with Crippen molar-refractivity contribution in [2.45, 2.75) is 0 Å². The van der Waals surface area contributed by atoms with Crippen molar-refractivity contribution in [1.82, 2.24) is 9.80 Å². The van der Waals surface area contributed by atoms with Gasteiger partial charge in [0.1, 0.15) is 13.3 Å². The molecule has 0 aromatic heterocycles. The Morgan fingerprint density at radius 2 is 2.06 bits per heavy atom. The van der Waals surface area contributed by atoms with Gasteiger partial charge >= 0.3 is 12.0 Å². The Kier molecular flexibility index (Phi) is 7.69. The van der Waals surface area contributed by atoms with Gasteiger partial charge in [-0.1, -0.05) is 5.04 Å². The maximum atomic E-state index is 11.4. The average molecular weight is 254 g/mol. The summed E-state index contributed by atoms with van der Waals surface area (Å²) in [4.78, 5) is 22.9. The smallest absolute Gasteiger partial charge is 0.323 e. The van der Waals surface area contributed by atoms with Crippen molar-refractivity contribution in [2.75, 3.05) is 19.6 Å². The Bertz CT molecular complexity index is 239. The van der Waals surface area contributed by atoms with E-state index >= 15 is 0 Å². The first-order valence-corrected chi connectivity index (χ1v) is 4.98. The van der Waals surface area contributed by atoms with E-state index in [-0.39, 0.29) is 6.29 Å². The summed E-state index contributed by atoms with van der Waals surface area (Å²) in [6, 6.07) is -0.890. The summed E-state index contributed by atoms with van der Waals surface area (Å²) in [5.41, 5.74) is 0. The van der Waals surface area contributed by atoms with Gasteiger partial charge in [-0.05, 0) is 0 Å². The van der Waals surface area contributed by atoms with Crippen LogP contribution in [-0.4, -0.2) is 56.8 Å². The SMILES string of the molecule is [CH]N(CPOOO)C(=O)N(CO)CC(=O)O. The normalized spacial score (nSPS) is 10.7. The highest BCUT2D eigenvalue weighted by Gasteiger charge is 2.19. The molecule has 0 spiro atoms. The van der Waals surface area contributed by atoms with Gasteiger partial charge in [0.15, 0.2) is 0 Å².